The van der Waals surface area contributed by atoms with E-state index in [9.17, 15) is 20.2 Å². The van der Waals surface area contributed by atoms with Crippen LogP contribution < -0.4 is 5.46 Å². The number of nitrogens with zero attached hydrogens (tertiary/aromatic N) is 2. The number of benzene rings is 2. The van der Waals surface area contributed by atoms with Gasteiger partial charge in [0.15, 0.2) is 0 Å². The zero-order valence-electron chi connectivity index (χ0n) is 15.9. The van der Waals surface area contributed by atoms with Gasteiger partial charge in [0.25, 0.3) is 11.4 Å². The molecular formula is C18H20BBrN2O6. The second kappa shape index (κ2) is 8.38. The molecule has 10 heteroatoms. The molecule has 1 heterocycles. The third-order valence-electron chi connectivity index (χ3n) is 4.67. The average Bonchev–Trinajstić information content (AvgIpc) is 2.83. The van der Waals surface area contributed by atoms with E-state index in [4.69, 9.17) is 9.31 Å². The van der Waals surface area contributed by atoms with Crippen molar-refractivity contribution >= 4 is 39.9 Å². The molecule has 0 N–H and O–H groups in total. The molecule has 1 fully saturated rings. The zero-order valence-corrected chi connectivity index (χ0v) is 17.5. The highest BCUT2D eigenvalue weighted by Crippen LogP contribution is 2.36. The second-order valence-electron chi connectivity index (χ2n) is 7.17. The fourth-order valence-electron chi connectivity index (χ4n) is 2.30. The summed E-state index contributed by atoms with van der Waals surface area (Å²) < 4.78 is 12.6. The third kappa shape index (κ3) is 5.15. The van der Waals surface area contributed by atoms with Gasteiger partial charge in [-0.25, -0.2) is 0 Å². The molecule has 148 valence electrons. The molecule has 0 unspecified atom stereocenters. The molecule has 28 heavy (non-hydrogen) atoms. The van der Waals surface area contributed by atoms with E-state index in [1.807, 2.05) is 27.7 Å². The lowest BCUT2D eigenvalue weighted by atomic mass is 9.79. The molecule has 0 bridgehead atoms. The number of hydrogen-bond donors (Lipinski definition) is 0. The summed E-state index contributed by atoms with van der Waals surface area (Å²) in [6.45, 7) is 7.88. The van der Waals surface area contributed by atoms with Crippen LogP contribution in [0.5, 0.6) is 0 Å². The first-order valence-electron chi connectivity index (χ1n) is 8.43. The minimum Gasteiger partial charge on any atom is -0.399 e. The molecule has 0 saturated carbocycles. The van der Waals surface area contributed by atoms with E-state index < -0.39 is 28.2 Å². The van der Waals surface area contributed by atoms with Gasteiger partial charge in [0.1, 0.15) is 0 Å². The van der Waals surface area contributed by atoms with Crippen LogP contribution in [0.25, 0.3) is 0 Å². The quantitative estimate of drug-likeness (QED) is 0.393. The number of nitro benzene ring substituents is 2. The van der Waals surface area contributed by atoms with Gasteiger partial charge in [-0.05, 0) is 45.3 Å². The number of non-ortho nitro benzene ring substituents is 2. The van der Waals surface area contributed by atoms with E-state index in [-0.39, 0.29) is 11.4 Å². The molecule has 0 aliphatic carbocycles. The first-order valence-corrected chi connectivity index (χ1v) is 9.22. The van der Waals surface area contributed by atoms with E-state index in [1.54, 1.807) is 24.3 Å². The Morgan fingerprint density at radius 1 is 0.786 bits per heavy atom. The molecule has 0 spiro atoms. The standard InChI is InChI=1S/C12H16BNO4.C6H4BrNO2/c1-11(2)12(3,4)18-13(17-11)9-5-7-10(8-6-9)14(15)16;7-5-1-3-6(4-2-5)8(9)10/h5-8H,1-4H3;1-4H. The maximum atomic E-state index is 10.6. The molecule has 2 aromatic rings. The van der Waals surface area contributed by atoms with Crippen molar-refractivity contribution in [1.29, 1.82) is 0 Å². The maximum Gasteiger partial charge on any atom is 0.494 e. The van der Waals surface area contributed by atoms with E-state index in [2.05, 4.69) is 15.9 Å². The summed E-state index contributed by atoms with van der Waals surface area (Å²) in [6.07, 6.45) is 0. The van der Waals surface area contributed by atoms with Crippen molar-refractivity contribution in [3.05, 3.63) is 73.2 Å². The molecule has 0 aromatic heterocycles. The van der Waals surface area contributed by atoms with Gasteiger partial charge in [-0.1, -0.05) is 28.1 Å². The van der Waals surface area contributed by atoms with E-state index in [0.717, 1.165) is 9.94 Å². The highest BCUT2D eigenvalue weighted by Gasteiger charge is 2.51. The van der Waals surface area contributed by atoms with Gasteiger partial charge in [-0.2, -0.15) is 0 Å². The Hall–Kier alpha value is -2.30. The lowest BCUT2D eigenvalue weighted by Crippen LogP contribution is -2.41. The Kier molecular flexibility index (Phi) is 6.58. The molecule has 3 rings (SSSR count). The largest absolute Gasteiger partial charge is 0.494 e. The highest BCUT2D eigenvalue weighted by molar-refractivity contribution is 9.10. The third-order valence-corrected chi connectivity index (χ3v) is 5.20. The van der Waals surface area contributed by atoms with Crippen molar-refractivity contribution in [1.82, 2.24) is 0 Å². The molecule has 2 aromatic carbocycles. The summed E-state index contributed by atoms with van der Waals surface area (Å²) >= 11 is 3.17. The van der Waals surface area contributed by atoms with Crippen LogP contribution in [0.4, 0.5) is 11.4 Å². The van der Waals surface area contributed by atoms with E-state index in [0.29, 0.717) is 0 Å². The Bertz CT molecular complexity index is 839. The normalized spacial score (nSPS) is 16.8. The molecule has 8 nitrogen and oxygen atoms in total. The second-order valence-corrected chi connectivity index (χ2v) is 8.09. The molecule has 1 aliphatic rings. The Morgan fingerprint density at radius 3 is 1.50 bits per heavy atom. The molecule has 0 amide bonds. The minimum atomic E-state index is -0.476. The van der Waals surface area contributed by atoms with E-state index in [1.165, 1.54) is 24.3 Å². The summed E-state index contributed by atoms with van der Waals surface area (Å²) in [6, 6.07) is 12.4. The van der Waals surface area contributed by atoms with Crippen molar-refractivity contribution in [2.45, 2.75) is 38.9 Å². The fraction of sp³-hybridized carbons (Fsp3) is 0.333. The van der Waals surface area contributed by atoms with Crippen LogP contribution in [0.3, 0.4) is 0 Å². The SMILES string of the molecule is CC1(C)OB(c2ccc([N+](=O)[O-])cc2)OC1(C)C.O=[N+]([O-])c1ccc(Br)cc1. The molecule has 0 radical (unpaired) electrons. The highest BCUT2D eigenvalue weighted by atomic mass is 79.9. The monoisotopic (exact) mass is 450 g/mol. The van der Waals surface area contributed by atoms with Gasteiger partial charge in [0, 0.05) is 28.7 Å². The molecule has 0 atom stereocenters. The Morgan fingerprint density at radius 2 is 1.14 bits per heavy atom. The van der Waals surface area contributed by atoms with Crippen LogP contribution in [0.1, 0.15) is 27.7 Å². The zero-order chi connectivity index (χ0) is 21.1. The van der Waals surface area contributed by atoms with Crippen molar-refractivity contribution < 1.29 is 19.2 Å². The summed E-state index contributed by atoms with van der Waals surface area (Å²) in [5.74, 6) is 0. The molecule has 1 aliphatic heterocycles. The predicted molar refractivity (Wildman–Crippen MR) is 110 cm³/mol. The summed E-state index contributed by atoms with van der Waals surface area (Å²) in [5.41, 5.74) is 0.163. The average molecular weight is 451 g/mol. The van der Waals surface area contributed by atoms with Crippen molar-refractivity contribution in [2.24, 2.45) is 0 Å². The maximum absolute atomic E-state index is 10.6. The number of hydrogen-bond acceptors (Lipinski definition) is 6. The van der Waals surface area contributed by atoms with Crippen LogP contribution >= 0.6 is 15.9 Å². The first kappa shape index (κ1) is 22.0. The van der Waals surface area contributed by atoms with Gasteiger partial charge in [-0.3, -0.25) is 20.2 Å². The van der Waals surface area contributed by atoms with Crippen molar-refractivity contribution in [2.75, 3.05) is 0 Å². The van der Waals surface area contributed by atoms with Gasteiger partial charge < -0.3 is 9.31 Å². The minimum absolute atomic E-state index is 0.0651. The number of nitro groups is 2. The van der Waals surface area contributed by atoms with Gasteiger partial charge >= 0.3 is 7.12 Å². The summed E-state index contributed by atoms with van der Waals surface area (Å²) in [7, 11) is -0.476. The van der Waals surface area contributed by atoms with Gasteiger partial charge in [-0.15, -0.1) is 0 Å². The van der Waals surface area contributed by atoms with Crippen molar-refractivity contribution in [3.63, 3.8) is 0 Å². The smallest absolute Gasteiger partial charge is 0.399 e. The predicted octanol–water partition coefficient (Wildman–Crippen LogP) is 4.25. The van der Waals surface area contributed by atoms with Gasteiger partial charge in [0.05, 0.1) is 21.0 Å². The van der Waals surface area contributed by atoms with Gasteiger partial charge in [0.2, 0.25) is 0 Å². The fourth-order valence-corrected chi connectivity index (χ4v) is 2.56. The number of halogens is 1. The lowest BCUT2D eigenvalue weighted by Gasteiger charge is -2.32. The molecular weight excluding hydrogens is 431 g/mol. The summed E-state index contributed by atoms with van der Waals surface area (Å²) in [5, 5.41) is 20.7. The van der Waals surface area contributed by atoms with E-state index >= 15 is 0 Å². The van der Waals surface area contributed by atoms with Crippen LogP contribution in [-0.4, -0.2) is 28.2 Å². The lowest BCUT2D eigenvalue weighted by molar-refractivity contribution is -0.385. The Labute approximate surface area is 171 Å². The van der Waals surface area contributed by atoms with Crippen LogP contribution in [0.15, 0.2) is 53.0 Å². The number of rotatable bonds is 3. The molecule has 1 saturated heterocycles. The van der Waals surface area contributed by atoms with Crippen LogP contribution in [0.2, 0.25) is 0 Å². The van der Waals surface area contributed by atoms with Crippen molar-refractivity contribution in [3.8, 4) is 0 Å². The topological polar surface area (TPSA) is 105 Å². The van der Waals surface area contributed by atoms with Crippen LogP contribution in [-0.2, 0) is 9.31 Å². The Balaban J connectivity index is 0.000000237. The first-order chi connectivity index (χ1) is 12.9. The van der Waals surface area contributed by atoms with Crippen LogP contribution in [0, 0.1) is 20.2 Å². The summed E-state index contributed by atoms with van der Waals surface area (Å²) in [4.78, 5) is 19.8.